The van der Waals surface area contributed by atoms with Gasteiger partial charge in [-0.2, -0.15) is 0 Å². The predicted octanol–water partition coefficient (Wildman–Crippen LogP) is 1.44. The molecule has 0 saturated carbocycles. The molecule has 0 bridgehead atoms. The van der Waals surface area contributed by atoms with E-state index in [0.717, 1.165) is 10.9 Å². The van der Waals surface area contributed by atoms with Crippen molar-refractivity contribution in [3.8, 4) is 0 Å². The molecule has 2 heterocycles. The Labute approximate surface area is 145 Å². The molecular weight excluding hydrogens is 322 g/mol. The van der Waals surface area contributed by atoms with E-state index in [1.165, 1.54) is 0 Å². The highest BCUT2D eigenvalue weighted by atomic mass is 16.6. The molecular formula is C18H21N3O4. The van der Waals surface area contributed by atoms with Gasteiger partial charge in [0.15, 0.2) is 6.10 Å². The van der Waals surface area contributed by atoms with Crippen LogP contribution in [-0.4, -0.2) is 60.7 Å². The van der Waals surface area contributed by atoms with E-state index >= 15 is 0 Å². The van der Waals surface area contributed by atoms with Crippen LogP contribution in [0.3, 0.4) is 0 Å². The van der Waals surface area contributed by atoms with Crippen LogP contribution in [-0.2, 0) is 19.1 Å². The third kappa shape index (κ3) is 3.94. The molecule has 25 heavy (non-hydrogen) atoms. The highest BCUT2D eigenvalue weighted by Crippen LogP contribution is 2.21. The number of morpholine rings is 1. The molecule has 1 N–H and O–H groups in total. The first-order valence-electron chi connectivity index (χ1n) is 8.19. The molecule has 1 fully saturated rings. The van der Waals surface area contributed by atoms with E-state index in [9.17, 15) is 9.59 Å². The average Bonchev–Trinajstić information content (AvgIpc) is 2.62. The lowest BCUT2D eigenvalue weighted by molar-refractivity contribution is -0.163. The van der Waals surface area contributed by atoms with Crippen molar-refractivity contribution < 1.29 is 19.1 Å². The summed E-state index contributed by atoms with van der Waals surface area (Å²) in [6.45, 7) is 3.08. The Balaban J connectivity index is 1.65. The molecule has 1 saturated heterocycles. The van der Waals surface area contributed by atoms with E-state index in [0.29, 0.717) is 18.8 Å². The molecule has 1 amide bonds. The Morgan fingerprint density at radius 3 is 3.00 bits per heavy atom. The van der Waals surface area contributed by atoms with Gasteiger partial charge in [0.2, 0.25) is 0 Å². The second-order valence-electron chi connectivity index (χ2n) is 6.02. The molecule has 7 heteroatoms. The fourth-order valence-corrected chi connectivity index (χ4v) is 2.69. The van der Waals surface area contributed by atoms with Crippen LogP contribution in [0, 0.1) is 0 Å². The van der Waals surface area contributed by atoms with Crippen molar-refractivity contribution in [1.82, 2.24) is 9.88 Å². The van der Waals surface area contributed by atoms with Gasteiger partial charge in [-0.25, -0.2) is 0 Å². The van der Waals surface area contributed by atoms with Gasteiger partial charge in [-0.3, -0.25) is 19.5 Å². The molecule has 1 aliphatic rings. The number of aromatic nitrogens is 1. The first kappa shape index (κ1) is 17.3. The van der Waals surface area contributed by atoms with E-state index in [-0.39, 0.29) is 12.5 Å². The quantitative estimate of drug-likeness (QED) is 0.846. The number of carbonyl (C=O) groups is 2. The lowest BCUT2D eigenvalue weighted by Gasteiger charge is -2.31. The van der Waals surface area contributed by atoms with Gasteiger partial charge in [-0.15, -0.1) is 0 Å². The number of pyridine rings is 1. The first-order valence-corrected chi connectivity index (χ1v) is 8.19. The van der Waals surface area contributed by atoms with Crippen LogP contribution in [0.4, 0.5) is 5.69 Å². The van der Waals surface area contributed by atoms with Gasteiger partial charge in [0, 0.05) is 18.1 Å². The Morgan fingerprint density at radius 1 is 1.36 bits per heavy atom. The van der Waals surface area contributed by atoms with Crippen molar-refractivity contribution >= 4 is 28.5 Å². The lowest BCUT2D eigenvalue weighted by atomic mass is 10.1. The highest BCUT2D eigenvalue weighted by Gasteiger charge is 2.30. The molecule has 7 nitrogen and oxygen atoms in total. The van der Waals surface area contributed by atoms with Crippen LogP contribution in [0.1, 0.15) is 6.92 Å². The van der Waals surface area contributed by atoms with E-state index in [1.54, 1.807) is 25.3 Å². The number of carbonyl (C=O) groups excluding carboxylic acids is 2. The summed E-state index contributed by atoms with van der Waals surface area (Å²) in [5.41, 5.74) is 1.42. The SMILES string of the molecule is C[C@H](OC(=O)[C@H]1COCCN1C)C(=O)Nc1cccc2ncccc12. The smallest absolute Gasteiger partial charge is 0.326 e. The molecule has 1 aromatic heterocycles. The fourth-order valence-electron chi connectivity index (χ4n) is 2.69. The van der Waals surface area contributed by atoms with E-state index in [4.69, 9.17) is 9.47 Å². The molecule has 1 aromatic carbocycles. The molecule has 3 rings (SSSR count). The van der Waals surface area contributed by atoms with Crippen molar-refractivity contribution in [2.45, 2.75) is 19.1 Å². The van der Waals surface area contributed by atoms with Gasteiger partial charge in [-0.05, 0) is 38.2 Å². The molecule has 0 spiro atoms. The zero-order valence-corrected chi connectivity index (χ0v) is 14.3. The minimum atomic E-state index is -0.908. The minimum absolute atomic E-state index is 0.276. The third-order valence-corrected chi connectivity index (χ3v) is 4.23. The fraction of sp³-hybridized carbons (Fsp3) is 0.389. The molecule has 1 aliphatic heterocycles. The summed E-state index contributed by atoms with van der Waals surface area (Å²) in [5.74, 6) is -0.839. The number of rotatable bonds is 4. The Morgan fingerprint density at radius 2 is 2.20 bits per heavy atom. The second-order valence-corrected chi connectivity index (χ2v) is 6.02. The molecule has 0 aliphatic carbocycles. The van der Waals surface area contributed by atoms with Crippen molar-refractivity contribution in [3.63, 3.8) is 0 Å². The van der Waals surface area contributed by atoms with E-state index < -0.39 is 18.1 Å². The van der Waals surface area contributed by atoms with E-state index in [2.05, 4.69) is 10.3 Å². The molecule has 2 aromatic rings. The monoisotopic (exact) mass is 343 g/mol. The van der Waals surface area contributed by atoms with Gasteiger partial charge < -0.3 is 14.8 Å². The number of anilines is 1. The van der Waals surface area contributed by atoms with Gasteiger partial charge in [0.1, 0.15) is 6.04 Å². The van der Waals surface area contributed by atoms with Crippen LogP contribution in [0.5, 0.6) is 0 Å². The highest BCUT2D eigenvalue weighted by molar-refractivity contribution is 6.02. The molecule has 2 atom stereocenters. The van der Waals surface area contributed by atoms with Crippen LogP contribution in [0.25, 0.3) is 10.9 Å². The van der Waals surface area contributed by atoms with Gasteiger partial charge in [0.05, 0.1) is 24.4 Å². The first-order chi connectivity index (χ1) is 12.1. The summed E-state index contributed by atoms with van der Waals surface area (Å²) in [6, 6.07) is 8.68. The van der Waals surface area contributed by atoms with Crippen molar-refractivity contribution in [1.29, 1.82) is 0 Å². The van der Waals surface area contributed by atoms with Crippen LogP contribution in [0.2, 0.25) is 0 Å². The number of likely N-dealkylation sites (N-methyl/N-ethyl adjacent to an activating group) is 1. The number of esters is 1. The summed E-state index contributed by atoms with van der Waals surface area (Å²) in [6.07, 6.45) is 0.788. The van der Waals surface area contributed by atoms with Crippen molar-refractivity contribution in [2.75, 3.05) is 32.1 Å². The number of fused-ring (bicyclic) bond motifs is 1. The summed E-state index contributed by atoms with van der Waals surface area (Å²) < 4.78 is 10.6. The number of benzene rings is 1. The normalized spacial score (nSPS) is 19.4. The molecule has 132 valence electrons. The predicted molar refractivity (Wildman–Crippen MR) is 93.2 cm³/mol. The summed E-state index contributed by atoms with van der Waals surface area (Å²) in [7, 11) is 1.84. The Bertz CT molecular complexity index is 775. The largest absolute Gasteiger partial charge is 0.451 e. The maximum atomic E-state index is 12.4. The summed E-state index contributed by atoms with van der Waals surface area (Å²) in [5, 5.41) is 3.63. The summed E-state index contributed by atoms with van der Waals surface area (Å²) in [4.78, 5) is 30.8. The van der Waals surface area contributed by atoms with Gasteiger partial charge in [-0.1, -0.05) is 6.07 Å². The number of ether oxygens (including phenoxy) is 2. The minimum Gasteiger partial charge on any atom is -0.451 e. The maximum absolute atomic E-state index is 12.4. The number of nitrogens with zero attached hydrogens (tertiary/aromatic N) is 2. The van der Waals surface area contributed by atoms with Gasteiger partial charge in [0.25, 0.3) is 5.91 Å². The Hall–Kier alpha value is -2.51. The second kappa shape index (κ2) is 7.58. The van der Waals surface area contributed by atoms with Gasteiger partial charge >= 0.3 is 5.97 Å². The van der Waals surface area contributed by atoms with Crippen LogP contribution >= 0.6 is 0 Å². The molecule has 0 unspecified atom stereocenters. The van der Waals surface area contributed by atoms with Crippen LogP contribution in [0.15, 0.2) is 36.5 Å². The summed E-state index contributed by atoms with van der Waals surface area (Å²) >= 11 is 0. The van der Waals surface area contributed by atoms with Crippen molar-refractivity contribution in [3.05, 3.63) is 36.5 Å². The number of hydrogen-bond donors (Lipinski definition) is 1. The van der Waals surface area contributed by atoms with Crippen molar-refractivity contribution in [2.24, 2.45) is 0 Å². The Kier molecular flexibility index (Phi) is 5.25. The number of hydrogen-bond acceptors (Lipinski definition) is 6. The molecule has 0 radical (unpaired) electrons. The average molecular weight is 343 g/mol. The maximum Gasteiger partial charge on any atom is 0.326 e. The van der Waals surface area contributed by atoms with E-state index in [1.807, 2.05) is 30.1 Å². The zero-order valence-electron chi connectivity index (χ0n) is 14.3. The topological polar surface area (TPSA) is 80.8 Å². The zero-order chi connectivity index (χ0) is 17.8. The number of amides is 1. The number of nitrogens with one attached hydrogen (secondary N) is 1. The third-order valence-electron chi connectivity index (χ3n) is 4.23. The van der Waals surface area contributed by atoms with Crippen LogP contribution < -0.4 is 5.32 Å². The standard InChI is InChI=1S/C18H21N3O4/c1-12(25-18(23)16-11-24-10-9-21(16)2)17(22)20-15-7-3-6-14-13(15)5-4-8-19-14/h3-8,12,16H,9-11H2,1-2H3,(H,20,22)/t12-,16+/m0/s1. The lowest BCUT2D eigenvalue weighted by Crippen LogP contribution is -2.49.